The van der Waals surface area contributed by atoms with Gasteiger partial charge in [0.2, 0.25) is 0 Å². The van der Waals surface area contributed by atoms with Crippen molar-refractivity contribution < 1.29 is 16.0 Å². The molecule has 0 N–H and O–H groups in total. The highest BCUT2D eigenvalue weighted by Crippen LogP contribution is 2.18. The lowest BCUT2D eigenvalue weighted by molar-refractivity contribution is 0.181. The van der Waals surface area contributed by atoms with Gasteiger partial charge in [0, 0.05) is 12.6 Å². The minimum Gasteiger partial charge on any atom is -0.380 e. The molecule has 0 aliphatic carbocycles. The van der Waals surface area contributed by atoms with Gasteiger partial charge in [0.25, 0.3) is 0 Å². The van der Waals surface area contributed by atoms with Crippen LogP contribution in [0.5, 0.6) is 0 Å². The summed E-state index contributed by atoms with van der Waals surface area (Å²) in [5.41, 5.74) is 0.295. The number of hydrogen-bond acceptors (Lipinski definition) is 1. The maximum atomic E-state index is 13.8. The molecule has 0 amide bonds. The second kappa shape index (κ2) is 4.38. The molecule has 0 aromatic heterocycles. The lowest BCUT2D eigenvalue weighted by atomic mass is 10.0. The Bertz CT molecular complexity index is 428. The zero-order chi connectivity index (χ0) is 14.1. The molecule has 0 fully saturated rings. The van der Waals surface area contributed by atoms with Gasteiger partial charge in [-0.1, -0.05) is 26.0 Å². The first kappa shape index (κ1) is 5.11. The molecule has 0 atom stereocenters. The maximum absolute atomic E-state index is 13.8. The normalized spacial score (nSPS) is 18.6. The summed E-state index contributed by atoms with van der Waals surface area (Å²) in [5, 5.41) is 0. The fraction of sp³-hybridized carbons (Fsp3) is 0.455. The predicted molar refractivity (Wildman–Crippen MR) is 51.2 cm³/mol. The second-order valence-corrected chi connectivity index (χ2v) is 3.10. The fourth-order valence-electron chi connectivity index (χ4n) is 1.03. The third-order valence-electron chi connectivity index (χ3n) is 1.82. The first-order valence-corrected chi connectivity index (χ1v) is 4.03. The molecule has 1 aromatic carbocycles. The Balaban J connectivity index is 3.10. The van der Waals surface area contributed by atoms with E-state index in [4.69, 9.17) is 6.85 Å². The molecule has 0 bridgehead atoms. The van der Waals surface area contributed by atoms with Gasteiger partial charge in [0.05, 0.1) is 13.4 Å². The van der Waals surface area contributed by atoms with Crippen molar-refractivity contribution in [3.63, 3.8) is 0 Å². The highest BCUT2D eigenvalue weighted by molar-refractivity contribution is 5.25. The largest absolute Gasteiger partial charge is 0.380 e. The van der Waals surface area contributed by atoms with Gasteiger partial charge in [-0.25, -0.2) is 4.39 Å². The first-order valence-electron chi connectivity index (χ1n) is 6.53. The van der Waals surface area contributed by atoms with Crippen LogP contribution >= 0.6 is 0 Å². The molecule has 0 saturated carbocycles. The van der Waals surface area contributed by atoms with E-state index >= 15 is 0 Å². The molecule has 0 aliphatic rings. The number of methoxy groups -OCH3 is 1. The summed E-state index contributed by atoms with van der Waals surface area (Å²) in [6, 6.07) is 3.97. The van der Waals surface area contributed by atoms with Gasteiger partial charge in [-0.3, -0.25) is 0 Å². The Labute approximate surface area is 85.6 Å². The standard InChI is InChI=1S/C11H15FO/c1-8(2)9-4-5-10(7-13-3)11(12)6-9/h4-6,8H,7H2,1-3H3/i3D3,7D2. The van der Waals surface area contributed by atoms with E-state index in [1.54, 1.807) is 6.07 Å². The molecule has 0 saturated heterocycles. The molecule has 1 rings (SSSR count). The minimum absolute atomic E-state index is 0.1000. The molecule has 0 aliphatic heterocycles. The molecule has 72 valence electrons. The fourth-order valence-corrected chi connectivity index (χ4v) is 1.03. The van der Waals surface area contributed by atoms with Crippen LogP contribution in [0, 0.1) is 5.82 Å². The molecule has 2 heteroatoms. The third kappa shape index (κ3) is 2.52. The van der Waals surface area contributed by atoms with Crippen LogP contribution in [0.4, 0.5) is 4.39 Å². The molecular formula is C11H15FO. The van der Waals surface area contributed by atoms with Crippen LogP contribution in [0.15, 0.2) is 18.2 Å². The van der Waals surface area contributed by atoms with E-state index in [-0.39, 0.29) is 5.92 Å². The molecule has 1 nitrogen and oxygen atoms in total. The quantitative estimate of drug-likeness (QED) is 0.706. The maximum Gasteiger partial charge on any atom is 0.129 e. The number of hydrogen-bond donors (Lipinski definition) is 0. The molecule has 13 heavy (non-hydrogen) atoms. The van der Waals surface area contributed by atoms with Crippen molar-refractivity contribution in [2.24, 2.45) is 0 Å². The van der Waals surface area contributed by atoms with E-state index in [1.165, 1.54) is 12.1 Å². The van der Waals surface area contributed by atoms with E-state index in [0.29, 0.717) is 5.56 Å². The van der Waals surface area contributed by atoms with Crippen molar-refractivity contribution in [3.8, 4) is 0 Å². The van der Waals surface area contributed by atoms with Crippen molar-refractivity contribution in [1.29, 1.82) is 0 Å². The van der Waals surface area contributed by atoms with Crippen LogP contribution in [0.2, 0.25) is 0 Å². The van der Waals surface area contributed by atoms with Crippen molar-refractivity contribution >= 4 is 0 Å². The number of halogens is 1. The van der Waals surface area contributed by atoms with E-state index in [0.717, 1.165) is 0 Å². The van der Waals surface area contributed by atoms with Gasteiger partial charge in [-0.15, -0.1) is 0 Å². The zero-order valence-corrected chi connectivity index (χ0v) is 7.60. The summed E-state index contributed by atoms with van der Waals surface area (Å²) in [6.07, 6.45) is 0. The van der Waals surface area contributed by atoms with E-state index in [2.05, 4.69) is 4.74 Å². The van der Waals surface area contributed by atoms with Crippen LogP contribution in [-0.4, -0.2) is 7.04 Å². The lowest BCUT2D eigenvalue weighted by Gasteiger charge is -2.07. The highest BCUT2D eigenvalue weighted by Gasteiger charge is 2.05. The number of benzene rings is 1. The average molecular weight is 187 g/mol. The summed E-state index contributed by atoms with van der Waals surface area (Å²) in [7, 11) is -2.92. The number of ether oxygens (including phenoxy) is 1. The third-order valence-corrected chi connectivity index (χ3v) is 1.82. The Hall–Kier alpha value is -0.890. The van der Waals surface area contributed by atoms with Gasteiger partial charge in [0.1, 0.15) is 5.82 Å². The van der Waals surface area contributed by atoms with Gasteiger partial charge in [0.15, 0.2) is 0 Å². The van der Waals surface area contributed by atoms with E-state index in [9.17, 15) is 4.39 Å². The Morgan fingerprint density at radius 2 is 2.38 bits per heavy atom. The topological polar surface area (TPSA) is 9.23 Å². The highest BCUT2D eigenvalue weighted by atomic mass is 19.1. The Kier molecular flexibility index (Phi) is 1.72. The van der Waals surface area contributed by atoms with Gasteiger partial charge in [-0.2, -0.15) is 0 Å². The van der Waals surface area contributed by atoms with Crippen molar-refractivity contribution in [1.82, 2.24) is 0 Å². The summed E-state index contributed by atoms with van der Waals surface area (Å²) in [4.78, 5) is 0. The summed E-state index contributed by atoms with van der Waals surface area (Å²) in [5.74, 6) is -0.710. The molecule has 1 aromatic rings. The molecule has 0 spiro atoms. The lowest BCUT2D eigenvalue weighted by Crippen LogP contribution is -1.95. The summed E-state index contributed by atoms with van der Waals surface area (Å²) in [6.45, 7) is 1.06. The average Bonchev–Trinajstić information content (AvgIpc) is 2.12. The number of rotatable bonds is 3. The molecule has 0 heterocycles. The minimum atomic E-state index is -2.92. The van der Waals surface area contributed by atoms with Crippen LogP contribution in [0.25, 0.3) is 0 Å². The molecule has 0 radical (unpaired) electrons. The SMILES string of the molecule is [2H]C([2H])([2H])OC([2H])([2H])c1ccc(C(C)C)cc1F. The second-order valence-electron chi connectivity index (χ2n) is 3.10. The van der Waals surface area contributed by atoms with Crippen LogP contribution in [0.1, 0.15) is 37.7 Å². The van der Waals surface area contributed by atoms with Gasteiger partial charge < -0.3 is 4.74 Å². The Morgan fingerprint density at radius 3 is 2.92 bits per heavy atom. The van der Waals surface area contributed by atoms with Gasteiger partial charge in [-0.05, 0) is 17.5 Å². The first-order chi connectivity index (χ1) is 8.03. The molecule has 0 unspecified atom stereocenters. The predicted octanol–water partition coefficient (Wildman–Crippen LogP) is 3.10. The van der Waals surface area contributed by atoms with Gasteiger partial charge >= 0.3 is 0 Å². The van der Waals surface area contributed by atoms with Crippen LogP contribution in [-0.2, 0) is 11.3 Å². The van der Waals surface area contributed by atoms with Crippen LogP contribution in [0.3, 0.4) is 0 Å². The van der Waals surface area contributed by atoms with Crippen molar-refractivity contribution in [3.05, 3.63) is 35.1 Å². The monoisotopic (exact) mass is 187 g/mol. The summed E-state index contributed by atoms with van der Waals surface area (Å²) < 4.78 is 53.6. The van der Waals surface area contributed by atoms with Crippen molar-refractivity contribution in [2.75, 3.05) is 7.04 Å². The Morgan fingerprint density at radius 1 is 1.62 bits per heavy atom. The molecular weight excluding hydrogens is 167 g/mol. The van der Waals surface area contributed by atoms with Crippen molar-refractivity contribution in [2.45, 2.75) is 26.3 Å². The smallest absolute Gasteiger partial charge is 0.129 e. The zero-order valence-electron chi connectivity index (χ0n) is 12.6. The van der Waals surface area contributed by atoms with E-state index < -0.39 is 25.0 Å². The summed E-state index contributed by atoms with van der Waals surface area (Å²) >= 11 is 0. The van der Waals surface area contributed by atoms with Crippen LogP contribution < -0.4 is 0 Å². The van der Waals surface area contributed by atoms with E-state index in [1.807, 2.05) is 13.8 Å².